The fraction of sp³-hybridized carbons (Fsp3) is 0.667. The molecule has 1 aromatic heterocycles. The predicted molar refractivity (Wildman–Crippen MR) is 69.9 cm³/mol. The van der Waals surface area contributed by atoms with E-state index in [1.54, 1.807) is 0 Å². The molecule has 1 unspecified atom stereocenters. The lowest BCUT2D eigenvalue weighted by Gasteiger charge is -2.17. The second-order valence-corrected chi connectivity index (χ2v) is 5.07. The van der Waals surface area contributed by atoms with Gasteiger partial charge in [-0.3, -0.25) is 4.79 Å². The summed E-state index contributed by atoms with van der Waals surface area (Å²) in [5.41, 5.74) is 0. The van der Waals surface area contributed by atoms with Gasteiger partial charge in [0.1, 0.15) is 6.04 Å². The highest BCUT2D eigenvalue weighted by Crippen LogP contribution is 2.06. The third kappa shape index (κ3) is 4.87. The number of amides is 2. The fourth-order valence-electron chi connectivity index (χ4n) is 1.43. The second kappa shape index (κ2) is 6.88. The van der Waals surface area contributed by atoms with Crippen molar-refractivity contribution in [2.75, 3.05) is 7.05 Å². The molecule has 2 N–H and O–H groups in total. The number of aliphatic carboxylic acids is 1. The maximum atomic E-state index is 11.7. The van der Waals surface area contributed by atoms with Gasteiger partial charge in [-0.05, 0) is 12.8 Å². The first-order valence-electron chi connectivity index (χ1n) is 6.35. The summed E-state index contributed by atoms with van der Waals surface area (Å²) in [6.07, 6.45) is 0.680. The first-order chi connectivity index (χ1) is 9.29. The lowest BCUT2D eigenvalue weighted by Crippen LogP contribution is -2.44. The maximum Gasteiger partial charge on any atom is 0.325 e. The number of hydrogen-bond acceptors (Lipinski definition) is 5. The quantitative estimate of drug-likeness (QED) is 0.802. The first-order valence-corrected chi connectivity index (χ1v) is 6.35. The van der Waals surface area contributed by atoms with Crippen molar-refractivity contribution >= 4 is 12.0 Å². The number of urea groups is 1. The molecule has 1 heterocycles. The van der Waals surface area contributed by atoms with Gasteiger partial charge < -0.3 is 19.8 Å². The van der Waals surface area contributed by atoms with Crippen molar-refractivity contribution in [2.24, 2.45) is 5.92 Å². The van der Waals surface area contributed by atoms with Gasteiger partial charge in [-0.25, -0.2) is 4.79 Å². The topological polar surface area (TPSA) is 109 Å². The monoisotopic (exact) mass is 284 g/mol. The molecular weight excluding hydrogens is 264 g/mol. The lowest BCUT2D eigenvalue weighted by atomic mass is 10.1. The minimum absolute atomic E-state index is 0.153. The molecule has 0 saturated heterocycles. The largest absolute Gasteiger partial charge is 0.480 e. The van der Waals surface area contributed by atoms with Crippen LogP contribution in [0.5, 0.6) is 0 Å². The minimum atomic E-state index is -1.09. The highest BCUT2D eigenvalue weighted by atomic mass is 16.5. The van der Waals surface area contributed by atoms with E-state index in [9.17, 15) is 9.59 Å². The molecule has 8 nitrogen and oxygen atoms in total. The van der Waals surface area contributed by atoms with Crippen LogP contribution in [0.1, 0.15) is 32.5 Å². The first kappa shape index (κ1) is 15.9. The van der Waals surface area contributed by atoms with Crippen molar-refractivity contribution in [3.8, 4) is 0 Å². The van der Waals surface area contributed by atoms with Crippen molar-refractivity contribution in [3.63, 3.8) is 0 Å². The number of carboxylic acid groups (broad SMARTS) is 1. The molecule has 1 rings (SSSR count). The molecule has 8 heteroatoms. The van der Waals surface area contributed by atoms with Crippen molar-refractivity contribution in [2.45, 2.75) is 39.8 Å². The number of carboxylic acids is 1. The van der Waals surface area contributed by atoms with Gasteiger partial charge in [-0.15, -0.1) is 0 Å². The third-order valence-electron chi connectivity index (χ3n) is 2.53. The number of hydrogen-bond donors (Lipinski definition) is 2. The summed E-state index contributed by atoms with van der Waals surface area (Å²) in [5.74, 6) is 0.232. The van der Waals surface area contributed by atoms with Crippen molar-refractivity contribution in [1.29, 1.82) is 0 Å². The van der Waals surface area contributed by atoms with Gasteiger partial charge in [0, 0.05) is 13.5 Å². The Kier molecular flexibility index (Phi) is 5.48. The molecule has 0 radical (unpaired) electrons. The Hall–Kier alpha value is -2.12. The molecule has 1 aromatic rings. The minimum Gasteiger partial charge on any atom is -0.480 e. The molecule has 112 valence electrons. The van der Waals surface area contributed by atoms with E-state index in [4.69, 9.17) is 9.63 Å². The Morgan fingerprint density at radius 3 is 2.60 bits per heavy atom. The number of rotatable bonds is 6. The van der Waals surface area contributed by atoms with Crippen LogP contribution in [0.4, 0.5) is 4.79 Å². The van der Waals surface area contributed by atoms with Gasteiger partial charge in [0.05, 0.1) is 6.54 Å². The predicted octanol–water partition coefficient (Wildman–Crippen LogP) is 0.883. The summed E-state index contributed by atoms with van der Waals surface area (Å²) in [6, 6.07) is -1.46. The zero-order valence-electron chi connectivity index (χ0n) is 12.1. The summed E-state index contributed by atoms with van der Waals surface area (Å²) in [6.45, 7) is 5.62. The van der Waals surface area contributed by atoms with Crippen LogP contribution in [0.2, 0.25) is 0 Å². The Morgan fingerprint density at radius 1 is 1.40 bits per heavy atom. The van der Waals surface area contributed by atoms with E-state index in [0.29, 0.717) is 24.1 Å². The van der Waals surface area contributed by atoms with Gasteiger partial charge in [0.2, 0.25) is 5.89 Å². The van der Waals surface area contributed by atoms with Crippen LogP contribution in [0.3, 0.4) is 0 Å². The van der Waals surface area contributed by atoms with E-state index >= 15 is 0 Å². The smallest absolute Gasteiger partial charge is 0.325 e. The van der Waals surface area contributed by atoms with Crippen molar-refractivity contribution in [3.05, 3.63) is 11.7 Å². The zero-order valence-corrected chi connectivity index (χ0v) is 12.1. The Morgan fingerprint density at radius 2 is 2.05 bits per heavy atom. The van der Waals surface area contributed by atoms with E-state index in [-0.39, 0.29) is 6.54 Å². The van der Waals surface area contributed by atoms with Crippen molar-refractivity contribution in [1.82, 2.24) is 20.4 Å². The van der Waals surface area contributed by atoms with Gasteiger partial charge >= 0.3 is 12.0 Å². The molecule has 0 aliphatic rings. The summed E-state index contributed by atoms with van der Waals surface area (Å²) < 4.78 is 5.06. The molecular formula is C12H20N4O4. The average molecular weight is 284 g/mol. The van der Waals surface area contributed by atoms with Crippen LogP contribution in [-0.2, 0) is 17.8 Å². The van der Waals surface area contributed by atoms with Gasteiger partial charge in [0.25, 0.3) is 0 Å². The van der Waals surface area contributed by atoms with E-state index in [1.165, 1.54) is 18.9 Å². The number of aromatic nitrogens is 2. The van der Waals surface area contributed by atoms with E-state index in [0.717, 1.165) is 0 Å². The van der Waals surface area contributed by atoms with Gasteiger partial charge in [-0.2, -0.15) is 4.98 Å². The van der Waals surface area contributed by atoms with Crippen LogP contribution >= 0.6 is 0 Å². The molecule has 2 amide bonds. The summed E-state index contributed by atoms with van der Waals surface area (Å²) >= 11 is 0. The summed E-state index contributed by atoms with van der Waals surface area (Å²) in [4.78, 5) is 27.8. The van der Waals surface area contributed by atoms with Gasteiger partial charge in [0.15, 0.2) is 5.82 Å². The SMILES string of the molecule is CC(C)Cc1nc(CN(C)C(=O)NC(C)C(=O)O)no1. The normalized spacial score (nSPS) is 12.2. The standard InChI is InChI=1S/C12H20N4O4/c1-7(2)5-10-14-9(15-20-10)6-16(4)12(19)13-8(3)11(17)18/h7-8H,5-6H2,1-4H3,(H,13,19)(H,17,18). The molecule has 0 saturated carbocycles. The maximum absolute atomic E-state index is 11.7. The molecule has 0 bridgehead atoms. The molecule has 0 spiro atoms. The van der Waals surface area contributed by atoms with Gasteiger partial charge in [-0.1, -0.05) is 19.0 Å². The number of carbonyl (C=O) groups excluding carboxylic acids is 1. The Balaban J connectivity index is 2.53. The van der Waals surface area contributed by atoms with E-state index in [1.807, 2.05) is 13.8 Å². The zero-order chi connectivity index (χ0) is 15.3. The summed E-state index contributed by atoms with van der Waals surface area (Å²) in [7, 11) is 1.53. The number of nitrogens with zero attached hydrogens (tertiary/aromatic N) is 3. The molecule has 0 aliphatic carbocycles. The highest BCUT2D eigenvalue weighted by molar-refractivity contribution is 5.81. The molecule has 0 fully saturated rings. The van der Waals surface area contributed by atoms with Crippen LogP contribution in [0, 0.1) is 5.92 Å². The third-order valence-corrected chi connectivity index (χ3v) is 2.53. The second-order valence-electron chi connectivity index (χ2n) is 5.07. The van der Waals surface area contributed by atoms with Crippen LogP contribution < -0.4 is 5.32 Å². The summed E-state index contributed by atoms with van der Waals surface area (Å²) in [5, 5.41) is 14.8. The van der Waals surface area contributed by atoms with E-state index in [2.05, 4.69) is 15.5 Å². The molecule has 0 aliphatic heterocycles. The molecule has 0 aromatic carbocycles. The lowest BCUT2D eigenvalue weighted by molar-refractivity contribution is -0.138. The number of carbonyl (C=O) groups is 2. The van der Waals surface area contributed by atoms with E-state index < -0.39 is 18.0 Å². The number of nitrogens with one attached hydrogen (secondary N) is 1. The highest BCUT2D eigenvalue weighted by Gasteiger charge is 2.18. The van der Waals surface area contributed by atoms with Crippen molar-refractivity contribution < 1.29 is 19.2 Å². The fourth-order valence-corrected chi connectivity index (χ4v) is 1.43. The van der Waals surface area contributed by atoms with Crippen LogP contribution in [-0.4, -0.2) is 45.2 Å². The average Bonchev–Trinajstić information content (AvgIpc) is 2.75. The van der Waals surface area contributed by atoms with Crippen LogP contribution in [0.15, 0.2) is 4.52 Å². The Labute approximate surface area is 117 Å². The Bertz CT molecular complexity index is 472. The van der Waals surface area contributed by atoms with Crippen LogP contribution in [0.25, 0.3) is 0 Å². The molecule has 1 atom stereocenters. The molecule has 20 heavy (non-hydrogen) atoms.